The zero-order valence-corrected chi connectivity index (χ0v) is 16.4. The van der Waals surface area contributed by atoms with Crippen LogP contribution in [0.3, 0.4) is 0 Å². The summed E-state index contributed by atoms with van der Waals surface area (Å²) in [5, 5.41) is 1.77. The molecule has 0 spiro atoms. The van der Waals surface area contributed by atoms with Gasteiger partial charge in [0.25, 0.3) is 10.0 Å². The van der Waals surface area contributed by atoms with Crippen LogP contribution in [-0.4, -0.2) is 73.2 Å². The van der Waals surface area contributed by atoms with Gasteiger partial charge in [-0.05, 0) is 39.1 Å². The predicted molar refractivity (Wildman–Crippen MR) is 96.6 cm³/mol. The summed E-state index contributed by atoms with van der Waals surface area (Å²) < 4.78 is 26.9. The quantitative estimate of drug-likeness (QED) is 0.761. The topological polar surface area (TPSA) is 60.9 Å². The lowest BCUT2D eigenvalue weighted by Crippen LogP contribution is -2.53. The van der Waals surface area contributed by atoms with Crippen LogP contribution in [-0.2, 0) is 14.8 Å². The lowest BCUT2D eigenvalue weighted by Gasteiger charge is -2.36. The fourth-order valence-electron chi connectivity index (χ4n) is 3.11. The van der Waals surface area contributed by atoms with Crippen LogP contribution in [0.25, 0.3) is 0 Å². The molecule has 0 unspecified atom stereocenters. The standard InChI is InChI=1S/C16H27N3O3S2/c1-13(2)19(14(3)4)15(20)12-17-7-9-18(10-8-17)24(21,22)16-6-5-11-23-16/h5-6,11,13-14H,7-10,12H2,1-4H3. The van der Waals surface area contributed by atoms with Gasteiger partial charge < -0.3 is 4.90 Å². The number of carbonyl (C=O) groups excluding carboxylic acids is 1. The van der Waals surface area contributed by atoms with E-state index in [1.165, 1.54) is 15.6 Å². The highest BCUT2D eigenvalue weighted by Crippen LogP contribution is 2.22. The molecule has 136 valence electrons. The zero-order chi connectivity index (χ0) is 17.9. The Morgan fingerprint density at radius 2 is 1.75 bits per heavy atom. The SMILES string of the molecule is CC(C)N(C(=O)CN1CCN(S(=O)(=O)c2cccs2)CC1)C(C)C. The van der Waals surface area contributed by atoms with Crippen molar-refractivity contribution in [3.63, 3.8) is 0 Å². The molecule has 0 aromatic carbocycles. The molecule has 0 radical (unpaired) electrons. The number of piperazine rings is 1. The molecule has 1 amide bonds. The van der Waals surface area contributed by atoms with Crippen LogP contribution in [0.1, 0.15) is 27.7 Å². The van der Waals surface area contributed by atoms with Gasteiger partial charge in [-0.1, -0.05) is 6.07 Å². The fourth-order valence-corrected chi connectivity index (χ4v) is 5.68. The third-order valence-corrected chi connectivity index (χ3v) is 7.45. The summed E-state index contributed by atoms with van der Waals surface area (Å²) in [7, 11) is -3.38. The molecule has 1 aliphatic rings. The van der Waals surface area contributed by atoms with E-state index in [0.29, 0.717) is 36.9 Å². The van der Waals surface area contributed by atoms with Crippen LogP contribution < -0.4 is 0 Å². The Bertz CT molecular complexity index is 626. The Balaban J connectivity index is 1.92. The van der Waals surface area contributed by atoms with E-state index < -0.39 is 10.0 Å². The first-order valence-electron chi connectivity index (χ1n) is 8.30. The minimum absolute atomic E-state index is 0.106. The van der Waals surface area contributed by atoms with E-state index in [4.69, 9.17) is 0 Å². The van der Waals surface area contributed by atoms with Crippen molar-refractivity contribution in [2.45, 2.75) is 44.0 Å². The maximum Gasteiger partial charge on any atom is 0.252 e. The number of thiophene rings is 1. The molecule has 24 heavy (non-hydrogen) atoms. The molecule has 0 atom stereocenters. The molecule has 2 rings (SSSR count). The van der Waals surface area contributed by atoms with Gasteiger partial charge in [0.15, 0.2) is 0 Å². The molecular formula is C16H27N3O3S2. The molecule has 1 aromatic heterocycles. The van der Waals surface area contributed by atoms with Crippen LogP contribution in [0.2, 0.25) is 0 Å². The summed E-state index contributed by atoms with van der Waals surface area (Å²) in [6, 6.07) is 3.72. The van der Waals surface area contributed by atoms with Crippen LogP contribution in [0.15, 0.2) is 21.7 Å². The van der Waals surface area contributed by atoms with Crippen LogP contribution in [0.5, 0.6) is 0 Å². The summed E-state index contributed by atoms with van der Waals surface area (Å²) in [4.78, 5) is 16.4. The van der Waals surface area contributed by atoms with Gasteiger partial charge in [0, 0.05) is 38.3 Å². The molecule has 0 aliphatic carbocycles. The predicted octanol–water partition coefficient (Wildman–Crippen LogP) is 1.70. The Morgan fingerprint density at radius 3 is 2.21 bits per heavy atom. The second-order valence-electron chi connectivity index (χ2n) is 6.60. The molecule has 8 heteroatoms. The van der Waals surface area contributed by atoms with Crippen LogP contribution in [0.4, 0.5) is 0 Å². The van der Waals surface area contributed by atoms with Gasteiger partial charge in [0.2, 0.25) is 5.91 Å². The highest BCUT2D eigenvalue weighted by Gasteiger charge is 2.30. The summed E-state index contributed by atoms with van der Waals surface area (Å²) in [6.45, 7) is 10.4. The lowest BCUT2D eigenvalue weighted by molar-refractivity contribution is -0.136. The molecule has 1 aliphatic heterocycles. The van der Waals surface area contributed by atoms with Crippen LogP contribution in [0, 0.1) is 0 Å². The number of amides is 1. The lowest BCUT2D eigenvalue weighted by atomic mass is 10.2. The molecule has 2 heterocycles. The van der Waals surface area contributed by atoms with Crippen molar-refractivity contribution in [3.8, 4) is 0 Å². The largest absolute Gasteiger partial charge is 0.337 e. The maximum absolute atomic E-state index is 12.5. The molecule has 6 nitrogen and oxygen atoms in total. The number of hydrogen-bond acceptors (Lipinski definition) is 5. The Kier molecular flexibility index (Phi) is 6.41. The first-order chi connectivity index (χ1) is 11.2. The Morgan fingerprint density at radius 1 is 1.17 bits per heavy atom. The summed E-state index contributed by atoms with van der Waals surface area (Å²) in [5.74, 6) is 0.106. The molecule has 1 aromatic rings. The number of nitrogens with zero attached hydrogens (tertiary/aromatic N) is 3. The smallest absolute Gasteiger partial charge is 0.252 e. The summed E-state index contributed by atoms with van der Waals surface area (Å²) >= 11 is 1.24. The normalized spacial score (nSPS) is 17.6. The maximum atomic E-state index is 12.5. The van der Waals surface area contributed by atoms with Gasteiger partial charge in [-0.25, -0.2) is 8.42 Å². The third kappa shape index (κ3) is 4.36. The third-order valence-electron chi connectivity index (χ3n) is 4.18. The van der Waals surface area contributed by atoms with Gasteiger partial charge in [-0.2, -0.15) is 4.31 Å². The van der Waals surface area contributed by atoms with Crippen molar-refractivity contribution in [3.05, 3.63) is 17.5 Å². The summed E-state index contributed by atoms with van der Waals surface area (Å²) in [5.41, 5.74) is 0. The Hall–Kier alpha value is -0.960. The molecule has 0 bridgehead atoms. The van der Waals surface area contributed by atoms with E-state index in [1.54, 1.807) is 17.5 Å². The van der Waals surface area contributed by atoms with E-state index in [2.05, 4.69) is 0 Å². The average Bonchev–Trinajstić information content (AvgIpc) is 3.01. The van der Waals surface area contributed by atoms with E-state index >= 15 is 0 Å². The number of sulfonamides is 1. The van der Waals surface area contributed by atoms with E-state index in [9.17, 15) is 13.2 Å². The summed E-state index contributed by atoms with van der Waals surface area (Å²) in [6.07, 6.45) is 0. The minimum Gasteiger partial charge on any atom is -0.337 e. The molecular weight excluding hydrogens is 346 g/mol. The first-order valence-corrected chi connectivity index (χ1v) is 10.6. The van der Waals surface area contributed by atoms with E-state index in [-0.39, 0.29) is 18.0 Å². The van der Waals surface area contributed by atoms with Gasteiger partial charge in [0.05, 0.1) is 6.54 Å². The van der Waals surface area contributed by atoms with Gasteiger partial charge in [0.1, 0.15) is 4.21 Å². The first kappa shape index (κ1) is 19.4. The van der Waals surface area contributed by atoms with Crippen molar-refractivity contribution >= 4 is 27.3 Å². The molecule has 1 saturated heterocycles. The number of rotatable bonds is 6. The highest BCUT2D eigenvalue weighted by molar-refractivity contribution is 7.91. The fraction of sp³-hybridized carbons (Fsp3) is 0.688. The Labute approximate surface area is 149 Å². The van der Waals surface area contributed by atoms with Crippen molar-refractivity contribution in [2.75, 3.05) is 32.7 Å². The molecule has 0 saturated carbocycles. The van der Waals surface area contributed by atoms with E-state index in [0.717, 1.165) is 0 Å². The van der Waals surface area contributed by atoms with Crippen molar-refractivity contribution in [1.82, 2.24) is 14.1 Å². The van der Waals surface area contributed by atoms with Gasteiger partial charge in [-0.3, -0.25) is 9.69 Å². The van der Waals surface area contributed by atoms with Crippen LogP contribution >= 0.6 is 11.3 Å². The number of hydrogen-bond donors (Lipinski definition) is 0. The number of carbonyl (C=O) groups is 1. The monoisotopic (exact) mass is 373 g/mol. The second kappa shape index (κ2) is 7.95. The average molecular weight is 374 g/mol. The van der Waals surface area contributed by atoms with Crippen molar-refractivity contribution in [2.24, 2.45) is 0 Å². The van der Waals surface area contributed by atoms with Crippen molar-refractivity contribution in [1.29, 1.82) is 0 Å². The van der Waals surface area contributed by atoms with Crippen molar-refractivity contribution < 1.29 is 13.2 Å². The van der Waals surface area contributed by atoms with Gasteiger partial charge in [-0.15, -0.1) is 11.3 Å². The highest BCUT2D eigenvalue weighted by atomic mass is 32.2. The minimum atomic E-state index is -3.38. The molecule has 1 fully saturated rings. The molecule has 0 N–H and O–H groups in total. The zero-order valence-electron chi connectivity index (χ0n) is 14.8. The van der Waals surface area contributed by atoms with Gasteiger partial charge >= 0.3 is 0 Å². The second-order valence-corrected chi connectivity index (χ2v) is 9.71. The van der Waals surface area contributed by atoms with E-state index in [1.807, 2.05) is 37.5 Å².